The Balaban J connectivity index is 2.36. The number of carbonyl (C=O) groups is 1. The molecule has 0 aromatic rings. The maximum atomic E-state index is 12.0. The molecule has 0 heterocycles. The van der Waals surface area contributed by atoms with E-state index >= 15 is 0 Å². The standard InChI is InChI=1S/C16H30N2O/c1-11-7-12(2)9-14(8-11)10-17-13(3)15(19)18-16(4,5)6/h7,11,13-14,17H,8-10H2,1-6H3,(H,18,19). The maximum absolute atomic E-state index is 12.0. The zero-order valence-electron chi connectivity index (χ0n) is 13.3. The Hall–Kier alpha value is -0.830. The van der Waals surface area contributed by atoms with Crippen LogP contribution in [0.15, 0.2) is 11.6 Å². The predicted molar refractivity (Wildman–Crippen MR) is 81.0 cm³/mol. The van der Waals surface area contributed by atoms with Gasteiger partial charge in [-0.1, -0.05) is 18.6 Å². The molecule has 0 bridgehead atoms. The van der Waals surface area contributed by atoms with Crippen LogP contribution >= 0.6 is 0 Å². The van der Waals surface area contributed by atoms with E-state index in [1.165, 1.54) is 12.0 Å². The molecule has 3 heteroatoms. The van der Waals surface area contributed by atoms with Gasteiger partial charge in [0.2, 0.25) is 5.91 Å². The zero-order valence-corrected chi connectivity index (χ0v) is 13.3. The van der Waals surface area contributed by atoms with Gasteiger partial charge in [0.05, 0.1) is 6.04 Å². The van der Waals surface area contributed by atoms with Gasteiger partial charge in [-0.2, -0.15) is 0 Å². The summed E-state index contributed by atoms with van der Waals surface area (Å²) < 4.78 is 0. The first-order valence-corrected chi connectivity index (χ1v) is 7.40. The van der Waals surface area contributed by atoms with Crippen LogP contribution in [0.4, 0.5) is 0 Å². The third-order valence-corrected chi connectivity index (χ3v) is 3.49. The van der Waals surface area contributed by atoms with Crippen molar-refractivity contribution in [3.05, 3.63) is 11.6 Å². The quantitative estimate of drug-likeness (QED) is 0.768. The fraction of sp³-hybridized carbons (Fsp3) is 0.812. The predicted octanol–water partition coefficient (Wildman–Crippen LogP) is 2.87. The summed E-state index contributed by atoms with van der Waals surface area (Å²) in [5, 5.41) is 6.39. The van der Waals surface area contributed by atoms with Gasteiger partial charge in [-0.15, -0.1) is 0 Å². The first-order valence-electron chi connectivity index (χ1n) is 7.40. The molecule has 1 aliphatic rings. The van der Waals surface area contributed by atoms with E-state index in [-0.39, 0.29) is 17.5 Å². The monoisotopic (exact) mass is 266 g/mol. The van der Waals surface area contributed by atoms with Crippen LogP contribution in [0.3, 0.4) is 0 Å². The summed E-state index contributed by atoms with van der Waals surface area (Å²) >= 11 is 0. The van der Waals surface area contributed by atoms with E-state index in [0.717, 1.165) is 13.0 Å². The van der Waals surface area contributed by atoms with Crippen LogP contribution in [0.2, 0.25) is 0 Å². The molecule has 0 radical (unpaired) electrons. The third kappa shape index (κ3) is 6.24. The highest BCUT2D eigenvalue weighted by molar-refractivity contribution is 5.81. The number of hydrogen-bond acceptors (Lipinski definition) is 2. The topological polar surface area (TPSA) is 41.1 Å². The molecule has 3 nitrogen and oxygen atoms in total. The van der Waals surface area contributed by atoms with E-state index in [4.69, 9.17) is 0 Å². The van der Waals surface area contributed by atoms with Crippen molar-refractivity contribution in [3.63, 3.8) is 0 Å². The van der Waals surface area contributed by atoms with Crippen LogP contribution in [0.25, 0.3) is 0 Å². The first kappa shape index (κ1) is 16.2. The van der Waals surface area contributed by atoms with Crippen molar-refractivity contribution in [2.45, 2.75) is 66.0 Å². The maximum Gasteiger partial charge on any atom is 0.237 e. The van der Waals surface area contributed by atoms with Gasteiger partial charge in [0.15, 0.2) is 0 Å². The Kier molecular flexibility index (Phi) is 5.60. The van der Waals surface area contributed by atoms with Crippen LogP contribution in [0.1, 0.15) is 54.4 Å². The van der Waals surface area contributed by atoms with Crippen molar-refractivity contribution in [2.24, 2.45) is 11.8 Å². The Bertz CT molecular complexity index is 341. The minimum absolute atomic E-state index is 0.0867. The zero-order chi connectivity index (χ0) is 14.6. The van der Waals surface area contributed by atoms with Crippen LogP contribution < -0.4 is 10.6 Å². The number of hydrogen-bond donors (Lipinski definition) is 2. The van der Waals surface area contributed by atoms with Crippen molar-refractivity contribution in [2.75, 3.05) is 6.54 Å². The van der Waals surface area contributed by atoms with Crippen molar-refractivity contribution in [1.82, 2.24) is 10.6 Å². The van der Waals surface area contributed by atoms with Crippen LogP contribution in [-0.4, -0.2) is 24.0 Å². The molecule has 0 aromatic carbocycles. The second-order valence-corrected chi connectivity index (χ2v) is 7.17. The Morgan fingerprint density at radius 3 is 2.63 bits per heavy atom. The summed E-state index contributed by atoms with van der Waals surface area (Å²) in [5.41, 5.74) is 1.32. The third-order valence-electron chi connectivity index (χ3n) is 3.49. The van der Waals surface area contributed by atoms with E-state index < -0.39 is 0 Å². The van der Waals surface area contributed by atoms with Crippen LogP contribution in [-0.2, 0) is 4.79 Å². The lowest BCUT2D eigenvalue weighted by atomic mass is 9.83. The number of carbonyl (C=O) groups excluding carboxylic acids is 1. The van der Waals surface area contributed by atoms with Gasteiger partial charge in [-0.3, -0.25) is 4.79 Å². The summed E-state index contributed by atoms with van der Waals surface area (Å²) in [6, 6.07) is -0.124. The highest BCUT2D eigenvalue weighted by atomic mass is 16.2. The number of rotatable bonds is 4. The molecular formula is C16H30N2O. The normalized spacial score (nSPS) is 25.7. The SMILES string of the molecule is CC1=CC(C)CC(CNC(C)C(=O)NC(C)(C)C)C1. The molecule has 0 aliphatic heterocycles. The molecule has 0 spiro atoms. The molecule has 0 saturated heterocycles. The molecule has 0 fully saturated rings. The van der Waals surface area contributed by atoms with Crippen molar-refractivity contribution < 1.29 is 4.79 Å². The Labute approximate surface area is 118 Å². The minimum atomic E-state index is -0.161. The number of nitrogens with one attached hydrogen (secondary N) is 2. The minimum Gasteiger partial charge on any atom is -0.350 e. The van der Waals surface area contributed by atoms with E-state index in [0.29, 0.717) is 11.8 Å². The van der Waals surface area contributed by atoms with Gasteiger partial charge in [-0.05, 0) is 65.8 Å². The van der Waals surface area contributed by atoms with Crippen molar-refractivity contribution >= 4 is 5.91 Å². The van der Waals surface area contributed by atoms with Crippen molar-refractivity contribution in [3.8, 4) is 0 Å². The lowest BCUT2D eigenvalue weighted by Crippen LogP contribution is -2.50. The molecule has 19 heavy (non-hydrogen) atoms. The average Bonchev–Trinajstić information content (AvgIpc) is 2.22. The summed E-state index contributed by atoms with van der Waals surface area (Å²) in [6.07, 6.45) is 4.75. The number of amides is 1. The summed E-state index contributed by atoms with van der Waals surface area (Å²) in [6.45, 7) is 13.4. The van der Waals surface area contributed by atoms with E-state index in [1.807, 2.05) is 27.7 Å². The molecule has 0 saturated carbocycles. The lowest BCUT2D eigenvalue weighted by Gasteiger charge is -2.28. The van der Waals surface area contributed by atoms with Crippen LogP contribution in [0, 0.1) is 11.8 Å². The average molecular weight is 266 g/mol. The summed E-state index contributed by atoms with van der Waals surface area (Å²) in [5.74, 6) is 1.41. The molecule has 2 N–H and O–H groups in total. The second-order valence-electron chi connectivity index (χ2n) is 7.17. The fourth-order valence-corrected chi connectivity index (χ4v) is 2.76. The molecule has 1 rings (SSSR count). The molecular weight excluding hydrogens is 236 g/mol. The summed E-state index contributed by atoms with van der Waals surface area (Å²) in [7, 11) is 0. The number of allylic oxidation sites excluding steroid dienone is 2. The van der Waals surface area contributed by atoms with Gasteiger partial charge < -0.3 is 10.6 Å². The lowest BCUT2D eigenvalue weighted by molar-refractivity contribution is -0.124. The Morgan fingerprint density at radius 1 is 1.47 bits per heavy atom. The highest BCUT2D eigenvalue weighted by Gasteiger charge is 2.22. The van der Waals surface area contributed by atoms with Gasteiger partial charge in [0.1, 0.15) is 0 Å². The molecule has 110 valence electrons. The van der Waals surface area contributed by atoms with Gasteiger partial charge in [-0.25, -0.2) is 0 Å². The van der Waals surface area contributed by atoms with Gasteiger partial charge in [0.25, 0.3) is 0 Å². The molecule has 1 aliphatic carbocycles. The van der Waals surface area contributed by atoms with E-state index in [1.54, 1.807) is 0 Å². The van der Waals surface area contributed by atoms with Gasteiger partial charge >= 0.3 is 0 Å². The van der Waals surface area contributed by atoms with Crippen LogP contribution in [0.5, 0.6) is 0 Å². The second kappa shape index (κ2) is 6.56. The molecule has 1 amide bonds. The van der Waals surface area contributed by atoms with E-state index in [2.05, 4.69) is 30.6 Å². The van der Waals surface area contributed by atoms with Gasteiger partial charge in [0, 0.05) is 5.54 Å². The molecule has 0 aromatic heterocycles. The summed E-state index contributed by atoms with van der Waals surface area (Å²) in [4.78, 5) is 12.0. The molecule has 3 unspecified atom stereocenters. The fourth-order valence-electron chi connectivity index (χ4n) is 2.76. The van der Waals surface area contributed by atoms with Crippen molar-refractivity contribution in [1.29, 1.82) is 0 Å². The molecule has 3 atom stereocenters. The largest absolute Gasteiger partial charge is 0.350 e. The highest BCUT2D eigenvalue weighted by Crippen LogP contribution is 2.27. The smallest absolute Gasteiger partial charge is 0.237 e. The first-order chi connectivity index (χ1) is 8.67. The Morgan fingerprint density at radius 2 is 2.11 bits per heavy atom. The van der Waals surface area contributed by atoms with E-state index in [9.17, 15) is 4.79 Å².